The minimum Gasteiger partial charge on any atom is -0.626 e. The predicted molar refractivity (Wildman–Crippen MR) is 132 cm³/mol. The molecule has 0 aliphatic carbocycles. The summed E-state index contributed by atoms with van der Waals surface area (Å²) < 4.78 is 38.9. The molecule has 0 spiro atoms. The Balaban J connectivity index is 1.55. The van der Waals surface area contributed by atoms with Crippen LogP contribution < -0.4 is 0 Å². The maximum Gasteiger partial charge on any atom is 0.726 e. The van der Waals surface area contributed by atoms with E-state index in [2.05, 4.69) is 9.98 Å². The van der Waals surface area contributed by atoms with Gasteiger partial charge in [0.25, 0.3) is 0 Å². The summed E-state index contributed by atoms with van der Waals surface area (Å²) in [5, 5.41) is 0. The molecule has 0 amide bonds. The highest BCUT2D eigenvalue weighted by atomic mass is 19.3. The summed E-state index contributed by atoms with van der Waals surface area (Å²) in [6, 6.07) is 15.6. The molecule has 0 bridgehead atoms. The Morgan fingerprint density at radius 2 is 1.32 bits per heavy atom. The lowest BCUT2D eigenvalue weighted by atomic mass is 9.99. The lowest BCUT2D eigenvalue weighted by Crippen LogP contribution is -2.34. The highest BCUT2D eigenvalue weighted by Gasteiger charge is 2.39. The number of H-pyrrole nitrogens is 1. The maximum atomic E-state index is 14.5. The van der Waals surface area contributed by atoms with Crippen molar-refractivity contribution in [1.29, 1.82) is 0 Å². The van der Waals surface area contributed by atoms with E-state index in [1.807, 2.05) is 76.2 Å². The predicted octanol–water partition coefficient (Wildman–Crippen LogP) is 6.95. The van der Waals surface area contributed by atoms with Crippen molar-refractivity contribution in [2.45, 2.75) is 27.7 Å². The number of benzene rings is 2. The van der Waals surface area contributed by atoms with Crippen molar-refractivity contribution in [2.75, 3.05) is 0 Å². The summed E-state index contributed by atoms with van der Waals surface area (Å²) in [5.74, 6) is -0.00711. The molecule has 34 heavy (non-hydrogen) atoms. The average Bonchev–Trinajstić information content (AvgIpc) is 3.43. The van der Waals surface area contributed by atoms with Gasteiger partial charge in [-0.2, -0.15) is 0 Å². The molecular weight excluding hydrogens is 433 g/mol. The van der Waals surface area contributed by atoms with Gasteiger partial charge < -0.3 is 22.9 Å². The van der Waals surface area contributed by atoms with Gasteiger partial charge in [0.2, 0.25) is 0 Å². The third-order valence-corrected chi connectivity index (χ3v) is 6.12. The number of aromatic amines is 1. The number of hydrogen-bond donors (Lipinski definition) is 1. The molecule has 4 nitrogen and oxygen atoms in total. The van der Waals surface area contributed by atoms with Crippen LogP contribution in [-0.2, 0) is 9.31 Å². The normalized spacial score (nSPS) is 18.9. The van der Waals surface area contributed by atoms with Crippen LogP contribution in [0.3, 0.4) is 0 Å². The standard InChI is InChI=1S/C27H24BF2N2O2/c1-16-7-5-8-17(2)26(16)22-13-11-20(31-22)24-15-25(34-28(29,30)33-24)21-12-14-23(32-21)27-18(3)9-6-10-19(27)4/h5-15,31H,1-4H3/q-1/b25-21-. The SMILES string of the molecule is Cc1cccc(C)c1C1=N/C(=C2/C=C(c3ccc(-c4c(C)cccc4C)[nH]3)O[B-](F)(F)O2)C=C1. The number of halogens is 2. The Morgan fingerprint density at radius 3 is 1.97 bits per heavy atom. The number of nitrogens with zero attached hydrogens (tertiary/aromatic N) is 1. The number of aromatic nitrogens is 1. The number of aliphatic imine (C=N–C) groups is 1. The van der Waals surface area contributed by atoms with E-state index >= 15 is 0 Å². The van der Waals surface area contributed by atoms with Crippen LogP contribution in [0.1, 0.15) is 33.5 Å². The van der Waals surface area contributed by atoms with Crippen LogP contribution in [-0.4, -0.2) is 17.8 Å². The van der Waals surface area contributed by atoms with Crippen molar-refractivity contribution in [2.24, 2.45) is 4.99 Å². The first-order valence-electron chi connectivity index (χ1n) is 11.2. The summed E-state index contributed by atoms with van der Waals surface area (Å²) in [5.41, 5.74) is 8.69. The zero-order valence-electron chi connectivity index (χ0n) is 19.4. The lowest BCUT2D eigenvalue weighted by molar-refractivity contribution is 0.171. The van der Waals surface area contributed by atoms with Gasteiger partial charge in [-0.05, 0) is 74.2 Å². The van der Waals surface area contributed by atoms with E-state index in [4.69, 9.17) is 9.31 Å². The fourth-order valence-electron chi connectivity index (χ4n) is 4.56. The molecule has 2 aromatic carbocycles. The summed E-state index contributed by atoms with van der Waals surface area (Å²) in [6.45, 7) is 8.04. The largest absolute Gasteiger partial charge is 0.726 e. The summed E-state index contributed by atoms with van der Waals surface area (Å²) in [4.78, 5) is 7.83. The minimum absolute atomic E-state index is 0.0142. The van der Waals surface area contributed by atoms with Gasteiger partial charge >= 0.3 is 7.11 Å². The van der Waals surface area contributed by atoms with Gasteiger partial charge in [-0.3, -0.25) is 0 Å². The Labute approximate surface area is 197 Å². The first kappa shape index (κ1) is 22.0. The van der Waals surface area contributed by atoms with Crippen LogP contribution in [0, 0.1) is 27.7 Å². The van der Waals surface area contributed by atoms with Gasteiger partial charge in [-0.1, -0.05) is 36.4 Å². The van der Waals surface area contributed by atoms with Gasteiger partial charge in [-0.25, -0.2) is 4.99 Å². The molecule has 0 radical (unpaired) electrons. The number of nitrogens with one attached hydrogen (secondary N) is 1. The summed E-state index contributed by atoms with van der Waals surface area (Å²) >= 11 is 0. The maximum absolute atomic E-state index is 14.5. The highest BCUT2D eigenvalue weighted by Crippen LogP contribution is 2.36. The van der Waals surface area contributed by atoms with Crippen molar-refractivity contribution in [1.82, 2.24) is 4.98 Å². The molecule has 0 saturated heterocycles. The fraction of sp³-hybridized carbons (Fsp3) is 0.148. The number of hydrogen-bond acceptors (Lipinski definition) is 3. The molecule has 5 rings (SSSR count). The van der Waals surface area contributed by atoms with Crippen LogP contribution in [0.5, 0.6) is 0 Å². The fourth-order valence-corrected chi connectivity index (χ4v) is 4.56. The second kappa shape index (κ2) is 8.17. The molecule has 3 aromatic rings. The Hall–Kier alpha value is -3.87. The van der Waals surface area contributed by atoms with Gasteiger partial charge in [0.1, 0.15) is 17.2 Å². The molecule has 0 atom stereocenters. The van der Waals surface area contributed by atoms with Crippen molar-refractivity contribution in [3.63, 3.8) is 0 Å². The van der Waals surface area contributed by atoms with Crippen LogP contribution in [0.25, 0.3) is 17.0 Å². The number of aryl methyl sites for hydroxylation is 4. The molecule has 1 N–H and O–H groups in total. The molecule has 172 valence electrons. The molecule has 1 aromatic heterocycles. The van der Waals surface area contributed by atoms with Crippen molar-refractivity contribution < 1.29 is 17.9 Å². The topological polar surface area (TPSA) is 46.6 Å². The quantitative estimate of drug-likeness (QED) is 0.433. The average molecular weight is 457 g/mol. The zero-order chi connectivity index (χ0) is 24.0. The first-order chi connectivity index (χ1) is 16.2. The zero-order valence-corrected chi connectivity index (χ0v) is 19.4. The third kappa shape index (κ3) is 3.98. The molecule has 0 saturated carbocycles. The molecule has 2 aliphatic rings. The Morgan fingerprint density at radius 1 is 0.735 bits per heavy atom. The van der Waals surface area contributed by atoms with Gasteiger partial charge in [0.05, 0.1) is 11.4 Å². The third-order valence-electron chi connectivity index (χ3n) is 6.12. The van der Waals surface area contributed by atoms with Gasteiger partial charge in [0, 0.05) is 22.9 Å². The Kier molecular flexibility index (Phi) is 5.27. The number of allylic oxidation sites excluding steroid dienone is 3. The van der Waals surface area contributed by atoms with E-state index in [1.54, 1.807) is 12.1 Å². The highest BCUT2D eigenvalue weighted by molar-refractivity contribution is 6.53. The summed E-state index contributed by atoms with van der Waals surface area (Å²) in [6.07, 6.45) is 4.98. The summed E-state index contributed by atoms with van der Waals surface area (Å²) in [7, 11) is -4.54. The van der Waals surface area contributed by atoms with E-state index < -0.39 is 7.11 Å². The number of rotatable bonds is 3. The lowest BCUT2D eigenvalue weighted by Gasteiger charge is -2.34. The van der Waals surface area contributed by atoms with Crippen LogP contribution >= 0.6 is 0 Å². The monoisotopic (exact) mass is 457 g/mol. The molecule has 3 heterocycles. The second-order valence-corrected chi connectivity index (χ2v) is 8.68. The van der Waals surface area contributed by atoms with E-state index in [0.717, 1.165) is 44.8 Å². The molecule has 0 fully saturated rings. The van der Waals surface area contributed by atoms with Gasteiger partial charge in [-0.15, -0.1) is 0 Å². The van der Waals surface area contributed by atoms with Crippen molar-refractivity contribution in [3.8, 4) is 11.3 Å². The molecule has 2 aliphatic heterocycles. The van der Waals surface area contributed by atoms with E-state index in [9.17, 15) is 8.63 Å². The molecular formula is C27H24BF2N2O2-. The van der Waals surface area contributed by atoms with Crippen LogP contribution in [0.2, 0.25) is 0 Å². The smallest absolute Gasteiger partial charge is 0.626 e. The van der Waals surface area contributed by atoms with Crippen molar-refractivity contribution in [3.05, 3.63) is 112 Å². The van der Waals surface area contributed by atoms with E-state index in [-0.39, 0.29) is 11.5 Å². The molecule has 7 heteroatoms. The Bertz CT molecular complexity index is 1390. The van der Waals surface area contributed by atoms with Gasteiger partial charge in [0.15, 0.2) is 0 Å². The van der Waals surface area contributed by atoms with E-state index in [0.29, 0.717) is 11.4 Å². The van der Waals surface area contributed by atoms with E-state index in [1.165, 1.54) is 6.08 Å². The van der Waals surface area contributed by atoms with Crippen molar-refractivity contribution >= 4 is 18.6 Å². The van der Waals surface area contributed by atoms with Crippen LogP contribution in [0.4, 0.5) is 8.63 Å². The second-order valence-electron chi connectivity index (χ2n) is 8.68. The molecule has 0 unspecified atom stereocenters. The minimum atomic E-state index is -4.54. The van der Waals surface area contributed by atoms with Crippen LogP contribution in [0.15, 0.2) is 83.2 Å². The first-order valence-corrected chi connectivity index (χ1v) is 11.2.